The largest absolute Gasteiger partial charge is 0.490 e. The Morgan fingerprint density at radius 3 is 2.45 bits per heavy atom. The van der Waals surface area contributed by atoms with Crippen molar-refractivity contribution in [2.45, 2.75) is 25.7 Å². The molecule has 0 saturated carbocycles. The van der Waals surface area contributed by atoms with Crippen LogP contribution in [0.2, 0.25) is 0 Å². The van der Waals surface area contributed by atoms with Crippen molar-refractivity contribution >= 4 is 29.3 Å². The van der Waals surface area contributed by atoms with E-state index in [2.05, 4.69) is 5.32 Å². The molecule has 0 spiro atoms. The number of nitrogens with zero attached hydrogens (tertiary/aromatic N) is 1. The zero-order valence-corrected chi connectivity index (χ0v) is 17.3. The molecule has 0 aliphatic heterocycles. The molecule has 0 atom stereocenters. The van der Waals surface area contributed by atoms with Gasteiger partial charge in [-0.05, 0) is 74.5 Å². The van der Waals surface area contributed by atoms with Crippen molar-refractivity contribution in [3.05, 3.63) is 47.5 Å². The zero-order valence-electron chi connectivity index (χ0n) is 16.5. The molecule has 1 amide bonds. The van der Waals surface area contributed by atoms with Gasteiger partial charge in [-0.25, -0.2) is 4.79 Å². The Morgan fingerprint density at radius 1 is 1.07 bits per heavy atom. The van der Waals surface area contributed by atoms with Crippen LogP contribution in [0, 0.1) is 17.6 Å². The first-order valence-electron chi connectivity index (χ1n) is 9.01. The summed E-state index contributed by atoms with van der Waals surface area (Å²) in [6, 6.07) is 9.96. The van der Waals surface area contributed by atoms with Gasteiger partial charge >= 0.3 is 5.97 Å². The lowest BCUT2D eigenvalue weighted by molar-refractivity contribution is -0.119. The number of thioether (sulfide) groups is 1. The van der Waals surface area contributed by atoms with Gasteiger partial charge in [0.05, 0.1) is 18.8 Å². The summed E-state index contributed by atoms with van der Waals surface area (Å²) in [6.45, 7) is 5.97. The highest BCUT2D eigenvalue weighted by molar-refractivity contribution is 8.03. The fourth-order valence-corrected chi connectivity index (χ4v) is 2.95. The maximum absolute atomic E-state index is 12.3. The number of hydrogen-bond acceptors (Lipinski definition) is 7. The second kappa shape index (κ2) is 11.0. The van der Waals surface area contributed by atoms with E-state index in [0.29, 0.717) is 30.4 Å². The third-order valence-corrected chi connectivity index (χ3v) is 4.33. The molecule has 0 aromatic heterocycles. The van der Waals surface area contributed by atoms with Crippen molar-refractivity contribution in [2.75, 3.05) is 25.1 Å². The number of thiocyanates is 1. The van der Waals surface area contributed by atoms with Gasteiger partial charge in [-0.3, -0.25) is 4.79 Å². The summed E-state index contributed by atoms with van der Waals surface area (Å²) in [5.74, 6) is -0.115. The van der Waals surface area contributed by atoms with Crippen LogP contribution in [0.4, 0.5) is 5.69 Å². The van der Waals surface area contributed by atoms with Gasteiger partial charge in [0.25, 0.3) is 5.91 Å². The van der Waals surface area contributed by atoms with Crippen LogP contribution in [0.1, 0.15) is 29.8 Å². The first-order chi connectivity index (χ1) is 14.0. The highest BCUT2D eigenvalue weighted by Gasteiger charge is 2.15. The van der Waals surface area contributed by atoms with Crippen LogP contribution in [0.5, 0.6) is 11.5 Å². The number of carbonyl (C=O) groups is 2. The number of ether oxygens (including phenoxy) is 3. The second-order valence-corrected chi connectivity index (χ2v) is 6.68. The number of nitrogens with one attached hydrogen (secondary N) is 1. The minimum Gasteiger partial charge on any atom is -0.490 e. The number of anilines is 1. The Hall–Kier alpha value is -3.18. The fourth-order valence-electron chi connectivity index (χ4n) is 2.47. The predicted molar refractivity (Wildman–Crippen MR) is 110 cm³/mol. The monoisotopic (exact) mass is 414 g/mol. The van der Waals surface area contributed by atoms with Crippen LogP contribution in [-0.4, -0.2) is 31.7 Å². The molecule has 8 heteroatoms. The van der Waals surface area contributed by atoms with Gasteiger partial charge in [-0.2, -0.15) is 5.26 Å². The van der Waals surface area contributed by atoms with Gasteiger partial charge in [0.15, 0.2) is 18.1 Å². The van der Waals surface area contributed by atoms with Crippen molar-refractivity contribution in [2.24, 2.45) is 0 Å². The average molecular weight is 414 g/mol. The van der Waals surface area contributed by atoms with E-state index < -0.39 is 18.5 Å². The molecule has 1 N–H and O–H groups in total. The third kappa shape index (κ3) is 6.43. The van der Waals surface area contributed by atoms with E-state index in [0.717, 1.165) is 22.2 Å². The van der Waals surface area contributed by atoms with E-state index in [1.807, 2.05) is 26.2 Å². The molecule has 0 saturated heterocycles. The van der Waals surface area contributed by atoms with Crippen molar-refractivity contribution in [3.8, 4) is 16.9 Å². The lowest BCUT2D eigenvalue weighted by atomic mass is 10.2. The van der Waals surface area contributed by atoms with Crippen LogP contribution in [-0.2, 0) is 9.53 Å². The van der Waals surface area contributed by atoms with Crippen molar-refractivity contribution in [1.29, 1.82) is 5.26 Å². The Balaban J connectivity index is 1.97. The molecule has 0 aliphatic carbocycles. The molecule has 0 fully saturated rings. The lowest BCUT2D eigenvalue weighted by Gasteiger charge is -2.12. The first-order valence-corrected chi connectivity index (χ1v) is 9.83. The number of hydrogen-bond donors (Lipinski definition) is 1. The molecular weight excluding hydrogens is 392 g/mol. The number of aryl methyl sites for hydroxylation is 1. The van der Waals surface area contributed by atoms with E-state index >= 15 is 0 Å². The van der Waals surface area contributed by atoms with Crippen LogP contribution >= 0.6 is 11.8 Å². The Bertz CT molecular complexity index is 924. The molecular formula is C21H22N2O5S. The summed E-state index contributed by atoms with van der Waals surface area (Å²) in [4.78, 5) is 25.2. The van der Waals surface area contributed by atoms with E-state index in [4.69, 9.17) is 19.5 Å². The number of rotatable bonds is 9. The van der Waals surface area contributed by atoms with E-state index in [1.165, 1.54) is 6.07 Å². The van der Waals surface area contributed by atoms with E-state index in [9.17, 15) is 9.59 Å². The molecule has 0 radical (unpaired) electrons. The Morgan fingerprint density at radius 2 is 1.79 bits per heavy atom. The summed E-state index contributed by atoms with van der Waals surface area (Å²) in [5, 5.41) is 13.4. The number of amides is 1. The van der Waals surface area contributed by atoms with Crippen LogP contribution < -0.4 is 14.8 Å². The summed E-state index contributed by atoms with van der Waals surface area (Å²) in [7, 11) is 0. The van der Waals surface area contributed by atoms with E-state index in [1.54, 1.807) is 30.3 Å². The third-order valence-electron chi connectivity index (χ3n) is 3.75. The van der Waals surface area contributed by atoms with Crippen molar-refractivity contribution in [3.63, 3.8) is 0 Å². The van der Waals surface area contributed by atoms with Crippen molar-refractivity contribution in [1.82, 2.24) is 0 Å². The topological polar surface area (TPSA) is 97.6 Å². The number of benzene rings is 2. The summed E-state index contributed by atoms with van der Waals surface area (Å²) >= 11 is 1.04. The first kappa shape index (κ1) is 22.1. The SMILES string of the molecule is CCOc1ccc(C(=O)OCC(=O)Nc2ccc(SC#N)cc2C)cc1OCC. The molecule has 0 aliphatic rings. The van der Waals surface area contributed by atoms with Gasteiger partial charge in [0, 0.05) is 10.6 Å². The fraction of sp³-hybridized carbons (Fsp3) is 0.286. The lowest BCUT2D eigenvalue weighted by Crippen LogP contribution is -2.21. The normalized spacial score (nSPS) is 10.0. The van der Waals surface area contributed by atoms with Gasteiger partial charge in [-0.1, -0.05) is 0 Å². The van der Waals surface area contributed by atoms with Gasteiger partial charge in [0.2, 0.25) is 0 Å². The Labute approximate surface area is 174 Å². The van der Waals surface area contributed by atoms with Crippen molar-refractivity contribution < 1.29 is 23.8 Å². The maximum atomic E-state index is 12.3. The number of carbonyl (C=O) groups excluding carboxylic acids is 2. The van der Waals surface area contributed by atoms with Crippen LogP contribution in [0.25, 0.3) is 0 Å². The maximum Gasteiger partial charge on any atom is 0.338 e. The average Bonchev–Trinajstić information content (AvgIpc) is 2.70. The summed E-state index contributed by atoms with van der Waals surface area (Å²) < 4.78 is 16.1. The second-order valence-electron chi connectivity index (χ2n) is 5.82. The van der Waals surface area contributed by atoms with Crippen LogP contribution in [0.3, 0.4) is 0 Å². The molecule has 2 aromatic carbocycles. The van der Waals surface area contributed by atoms with E-state index in [-0.39, 0.29) is 5.56 Å². The molecule has 29 heavy (non-hydrogen) atoms. The molecule has 2 rings (SSSR count). The minimum absolute atomic E-state index is 0.263. The molecule has 152 valence electrons. The zero-order chi connectivity index (χ0) is 21.2. The number of esters is 1. The van der Waals surface area contributed by atoms with Gasteiger partial charge < -0.3 is 19.5 Å². The molecule has 0 unspecified atom stereocenters. The standard InChI is InChI=1S/C21H22N2O5S/c1-4-26-18-9-6-15(11-19(18)27-5-2)21(25)28-12-20(24)23-17-8-7-16(29-13-22)10-14(17)3/h6-11H,4-5,12H2,1-3H3,(H,23,24). The summed E-state index contributed by atoms with van der Waals surface area (Å²) in [6.07, 6.45) is 0. The predicted octanol–water partition coefficient (Wildman–Crippen LogP) is 4.16. The summed E-state index contributed by atoms with van der Waals surface area (Å²) in [5.41, 5.74) is 1.66. The highest BCUT2D eigenvalue weighted by Crippen LogP contribution is 2.29. The minimum atomic E-state index is -0.637. The molecule has 7 nitrogen and oxygen atoms in total. The van der Waals surface area contributed by atoms with Crippen LogP contribution in [0.15, 0.2) is 41.3 Å². The molecule has 2 aromatic rings. The number of nitriles is 1. The molecule has 0 heterocycles. The highest BCUT2D eigenvalue weighted by atomic mass is 32.2. The molecule has 0 bridgehead atoms. The smallest absolute Gasteiger partial charge is 0.338 e. The van der Waals surface area contributed by atoms with Gasteiger partial charge in [-0.15, -0.1) is 0 Å². The quantitative estimate of drug-likeness (QED) is 0.374. The van der Waals surface area contributed by atoms with Gasteiger partial charge in [0.1, 0.15) is 5.40 Å². The Kier molecular flexibility index (Phi) is 8.37.